The number of epoxide rings is 1. The minimum absolute atomic E-state index is 0. The zero-order valence-electron chi connectivity index (χ0n) is 75.6. The second-order valence-corrected chi connectivity index (χ2v) is 47.5. The molecular formula is C91H85F27N3O19S3SnYb. The summed E-state index contributed by atoms with van der Waals surface area (Å²) in [5, 5.41) is 23.5. The summed E-state index contributed by atoms with van der Waals surface area (Å²) < 4.78 is 424. The van der Waals surface area contributed by atoms with Gasteiger partial charge in [-0.25, -0.2) is 0 Å². The van der Waals surface area contributed by atoms with Gasteiger partial charge in [0.1, 0.15) is 34.5 Å². The minimum Gasteiger partial charge on any atom is -0.497 e. The Hall–Kier alpha value is -9.76. The third-order valence-electron chi connectivity index (χ3n) is 20.4. The number of rotatable bonds is 21. The van der Waals surface area contributed by atoms with E-state index in [1.54, 1.807) is 123 Å². The minimum atomic E-state index is -5.09. The summed E-state index contributed by atoms with van der Waals surface area (Å²) in [6, 6.07) is 62.4. The van der Waals surface area contributed by atoms with Gasteiger partial charge < -0.3 is 96.3 Å². The Bertz CT molecular complexity index is 5790. The molecule has 0 spiro atoms. The maximum Gasteiger partial charge on any atom is 3.00 e. The Kier molecular flexibility index (Phi) is 46.1. The van der Waals surface area contributed by atoms with Crippen LogP contribution in [-0.4, -0.2) is 152 Å². The average molecular weight is 2430 g/mol. The monoisotopic (exact) mass is 2430 g/mol. The van der Waals surface area contributed by atoms with Crippen LogP contribution < -0.4 is 51.9 Å². The van der Waals surface area contributed by atoms with E-state index >= 15 is 0 Å². The molecular weight excluding hydrogens is 2340 g/mol. The van der Waals surface area contributed by atoms with Crippen LogP contribution in [0, 0.1) is 46.9 Å². The van der Waals surface area contributed by atoms with Crippen molar-refractivity contribution < 1.29 is 251 Å². The largest absolute Gasteiger partial charge is 3.00 e. The SMILES string of the molecule is COc1ccc[c]([Sn]([CH3])([CH3])[CH3])c1.COc1cccc(C2CCc3c(-c4cccc(OC(F)(F)F)c4)cccc3N2CC(O)C(F)(F)F)c1.COc1cccc(C2CCc3c(-c4cccc(OC(F)(F)F)c4)cccc3N2CC(O)C(F)(F)F)c1.COc1cccc(C2CCc3c(cccc3-c3cccc(OC(F)(F)F)c3)N2)c1.FC(F)(F)C1CO1.O=[S-](=O)OC(F)(F)F.O=[S-](=O)OC(F)(F)F.O=[S-](=O)OC(F)(F)F.[Yb+3]. The molecule has 0 aliphatic carbocycles. The zero-order chi connectivity index (χ0) is 108. The Morgan fingerprint density at radius 2 is 0.655 bits per heavy atom. The second kappa shape index (κ2) is 53.9. The molecule has 145 heavy (non-hydrogen) atoms. The fraction of sp³-hybridized carbons (Fsp3) is 0.341. The third kappa shape index (κ3) is 42.8. The van der Waals surface area contributed by atoms with Crippen molar-refractivity contribution in [1.82, 2.24) is 0 Å². The molecule has 10 aromatic rings. The van der Waals surface area contributed by atoms with Crippen molar-refractivity contribution in [1.29, 1.82) is 0 Å². The molecule has 0 saturated carbocycles. The molecule has 6 atom stereocenters. The number of anilines is 3. The van der Waals surface area contributed by atoms with Crippen LogP contribution >= 0.6 is 0 Å². The predicted molar refractivity (Wildman–Crippen MR) is 470 cm³/mol. The molecule has 1 radical (unpaired) electrons. The molecule has 3 N–H and O–H groups in total. The molecule has 22 nitrogen and oxygen atoms in total. The number of aliphatic hydroxyl groups is 2. The van der Waals surface area contributed by atoms with Gasteiger partial charge in [-0.15, -0.1) is 79.0 Å². The first-order valence-electron chi connectivity index (χ1n) is 41.3. The van der Waals surface area contributed by atoms with Gasteiger partial charge in [-0.05, 0) is 196 Å². The van der Waals surface area contributed by atoms with E-state index in [1.807, 2.05) is 42.5 Å². The molecule has 1 fully saturated rings. The van der Waals surface area contributed by atoms with Crippen LogP contribution in [0.4, 0.5) is 136 Å². The maximum atomic E-state index is 13.3. The molecule has 0 amide bonds. The van der Waals surface area contributed by atoms with Gasteiger partial charge in [0.25, 0.3) is 0 Å². The average Bonchev–Trinajstić information content (AvgIpc) is 1.76. The van der Waals surface area contributed by atoms with Crippen molar-refractivity contribution in [2.75, 3.05) is 63.3 Å². The topological polar surface area (TPSA) is 266 Å². The first-order valence-corrected chi connectivity index (χ1v) is 54.3. The van der Waals surface area contributed by atoms with Crippen LogP contribution in [-0.2, 0) is 94.8 Å². The normalized spacial score (nSPS) is 16.0. The van der Waals surface area contributed by atoms with E-state index in [9.17, 15) is 129 Å². The van der Waals surface area contributed by atoms with Gasteiger partial charge in [0.15, 0.2) is 18.3 Å². The van der Waals surface area contributed by atoms with E-state index in [0.29, 0.717) is 87.5 Å². The summed E-state index contributed by atoms with van der Waals surface area (Å²) in [7, 11) is -4.19. The summed E-state index contributed by atoms with van der Waals surface area (Å²) in [4.78, 5) is 10.2. The molecule has 54 heteroatoms. The molecule has 14 rings (SSSR count). The number of halogens is 27. The number of benzene rings is 10. The van der Waals surface area contributed by atoms with E-state index < -0.39 is 163 Å². The van der Waals surface area contributed by atoms with Gasteiger partial charge in [0.2, 0.25) is 0 Å². The summed E-state index contributed by atoms with van der Waals surface area (Å²) in [5.41, 5.74) is 10.6. The van der Waals surface area contributed by atoms with E-state index in [0.717, 1.165) is 57.8 Å². The van der Waals surface area contributed by atoms with Gasteiger partial charge in [0.05, 0.1) is 92.1 Å². The van der Waals surface area contributed by atoms with Crippen molar-refractivity contribution in [3.8, 4) is 73.6 Å². The van der Waals surface area contributed by atoms with E-state index in [4.69, 9.17) is 44.2 Å². The zero-order valence-corrected chi connectivity index (χ0v) is 82.6. The van der Waals surface area contributed by atoms with Crippen LogP contribution in [0.1, 0.15) is 70.8 Å². The number of aliphatic hydroxyl groups excluding tert-OH is 2. The van der Waals surface area contributed by atoms with Gasteiger partial charge in [-0.1, -0.05) is 109 Å². The van der Waals surface area contributed by atoms with E-state index in [-0.39, 0.29) is 65.3 Å². The maximum absolute atomic E-state index is 13.3. The van der Waals surface area contributed by atoms with Crippen LogP contribution in [0.2, 0.25) is 14.8 Å². The van der Waals surface area contributed by atoms with Crippen molar-refractivity contribution in [2.24, 2.45) is 0 Å². The molecule has 803 valence electrons. The first kappa shape index (κ1) is 124. The number of hydrogen-bond donors (Lipinski definition) is 3. The number of nitrogens with one attached hydrogen (secondary N) is 1. The number of methoxy groups -OCH3 is 4. The van der Waals surface area contributed by atoms with Crippen LogP contribution in [0.5, 0.6) is 40.2 Å². The molecule has 6 unspecified atom stereocenters. The van der Waals surface area contributed by atoms with Gasteiger partial charge in [0, 0.05) is 17.1 Å². The van der Waals surface area contributed by atoms with Crippen molar-refractivity contribution in [2.45, 2.75) is 146 Å². The molecule has 1 saturated heterocycles. The standard InChI is InChI=1S/2C26H23F6NO3.C23H20F3NO2.C7H7O.C3H3F3O.3CF3O3S.3CH3.Sn.Yb/c2*1-35-18-7-3-6-17(14-18)22-12-11-21-20(16-5-2-8-19(13-16)36-26(30,31)32)9-4-10-23(21)33(22)15-24(34)25(27,28)29;1-28-17-7-3-6-16(14-17)21-12-11-20-19(9-4-10-22(20)27-21)15-5-2-8-18(13-15)29-23(24,25)26;1-8-7-5-3-2-4-6-7;4-3(5,6)2-1-7-2;3*2-1(3,4)7-8(5)6;;;;;/h2*2-10,13-14,22,24,34H,11-12,15H2,1H3;2-10,13-14,21,27H,11-12H2,1H3;2-3,5-6H,1H3;2H,1H2;;;;3*1H3;;/q;;;;;3*-1;;;;;+3. The van der Waals surface area contributed by atoms with Crippen molar-refractivity contribution in [3.05, 3.63) is 258 Å². The van der Waals surface area contributed by atoms with Crippen LogP contribution in [0.15, 0.2) is 224 Å². The summed E-state index contributed by atoms with van der Waals surface area (Å²) >= 11 is -1.86. The molecule has 4 heterocycles. The van der Waals surface area contributed by atoms with E-state index in [1.165, 1.54) is 76.1 Å². The fourth-order valence-corrected chi connectivity index (χ4v) is 18.3. The molecule has 10 aromatic carbocycles. The summed E-state index contributed by atoms with van der Waals surface area (Å²) in [6.45, 7) is -1.57. The third-order valence-corrected chi connectivity index (χ3v) is 27.2. The number of β-amino-alcohol motifs (C(OH)–C–C–N with tert-alkyl or cyclic N) is 2. The van der Waals surface area contributed by atoms with Crippen molar-refractivity contribution >= 4 is 72.0 Å². The Labute approximate surface area is 858 Å². The first-order chi connectivity index (χ1) is 66.7. The molecule has 0 aromatic heterocycles. The number of hydrogen-bond acceptors (Lipinski definition) is 25. The molecule has 4 aliphatic heterocycles. The summed E-state index contributed by atoms with van der Waals surface area (Å²) in [5.74, 6) is 1.88. The quantitative estimate of drug-likeness (QED) is 0.0261. The van der Waals surface area contributed by atoms with E-state index in [2.05, 4.69) is 75.9 Å². The number of nitrogens with zero attached hydrogens (tertiary/aromatic N) is 2. The molecule has 0 bridgehead atoms. The van der Waals surface area contributed by atoms with Gasteiger partial charge in [-0.3, -0.25) is 0 Å². The van der Waals surface area contributed by atoms with Crippen LogP contribution in [0.25, 0.3) is 33.4 Å². The molecule has 4 aliphatic rings. The Morgan fingerprint density at radius 1 is 0.366 bits per heavy atom. The number of ether oxygens (including phenoxy) is 8. The number of alkyl halides is 27. The Morgan fingerprint density at radius 3 is 0.945 bits per heavy atom. The van der Waals surface area contributed by atoms with Crippen molar-refractivity contribution in [3.63, 3.8) is 0 Å². The second-order valence-electron chi connectivity index (χ2n) is 31.3. The predicted octanol–water partition coefficient (Wildman–Crippen LogP) is 25.1. The Balaban J connectivity index is 0.000000276. The van der Waals surface area contributed by atoms with Crippen LogP contribution in [0.3, 0.4) is 0 Å². The van der Waals surface area contributed by atoms with Gasteiger partial charge >= 0.3 is 182 Å². The van der Waals surface area contributed by atoms with Gasteiger partial charge in [-0.2, -0.15) is 39.5 Å². The smallest absolute Gasteiger partial charge is 0.497 e. The fourth-order valence-electron chi connectivity index (χ4n) is 14.4. The summed E-state index contributed by atoms with van der Waals surface area (Å²) in [6.07, 6.45) is -46.7. The number of fused-ring (bicyclic) bond motifs is 3.